The summed E-state index contributed by atoms with van der Waals surface area (Å²) in [5.74, 6) is 0.332. The van der Waals surface area contributed by atoms with Crippen LogP contribution in [0.4, 0.5) is 4.39 Å². The molecule has 36 heavy (non-hydrogen) atoms. The number of nitrogens with one attached hydrogen (secondary N) is 2. The van der Waals surface area contributed by atoms with Crippen LogP contribution in [0.2, 0.25) is 0 Å². The lowest BCUT2D eigenvalue weighted by Crippen LogP contribution is -2.36. The van der Waals surface area contributed by atoms with Crippen molar-refractivity contribution in [2.24, 2.45) is 0 Å². The van der Waals surface area contributed by atoms with Gasteiger partial charge in [0.25, 0.3) is 0 Å². The third-order valence-electron chi connectivity index (χ3n) is 6.80. The molecule has 1 aliphatic rings. The summed E-state index contributed by atoms with van der Waals surface area (Å²) in [5, 5.41) is 8.64. The van der Waals surface area contributed by atoms with Gasteiger partial charge in [-0.1, -0.05) is 18.2 Å². The summed E-state index contributed by atoms with van der Waals surface area (Å²) in [6.07, 6.45) is 8.56. The highest BCUT2D eigenvalue weighted by atomic mass is 19.1. The number of hydrogen-bond acceptors (Lipinski definition) is 5. The van der Waals surface area contributed by atoms with Crippen LogP contribution < -0.4 is 0 Å². The van der Waals surface area contributed by atoms with E-state index in [2.05, 4.69) is 48.2 Å². The van der Waals surface area contributed by atoms with Crippen molar-refractivity contribution in [1.29, 1.82) is 0 Å². The van der Waals surface area contributed by atoms with Gasteiger partial charge in [0.1, 0.15) is 11.5 Å². The molecule has 2 aromatic carbocycles. The van der Waals surface area contributed by atoms with Gasteiger partial charge < -0.3 is 4.98 Å². The fraction of sp³-hybridized carbons (Fsp3) is 0.143. The van der Waals surface area contributed by atoms with Crippen LogP contribution in [0.1, 0.15) is 12.0 Å². The third kappa shape index (κ3) is 3.63. The van der Waals surface area contributed by atoms with E-state index in [1.165, 1.54) is 24.1 Å². The predicted molar refractivity (Wildman–Crippen MR) is 137 cm³/mol. The van der Waals surface area contributed by atoms with Gasteiger partial charge >= 0.3 is 0 Å². The molecule has 6 aromatic rings. The molecule has 5 heterocycles. The topological polar surface area (TPSA) is 86.4 Å². The predicted octanol–water partition coefficient (Wildman–Crippen LogP) is 5.58. The van der Waals surface area contributed by atoms with Crippen LogP contribution in [0.3, 0.4) is 0 Å². The largest absolute Gasteiger partial charge is 0.335 e. The van der Waals surface area contributed by atoms with Crippen molar-refractivity contribution in [2.45, 2.75) is 13.0 Å². The van der Waals surface area contributed by atoms with Crippen molar-refractivity contribution in [1.82, 2.24) is 35.0 Å². The lowest BCUT2D eigenvalue weighted by Gasteiger charge is -2.30. The van der Waals surface area contributed by atoms with E-state index in [0.717, 1.165) is 69.5 Å². The van der Waals surface area contributed by atoms with Gasteiger partial charge in [-0.05, 0) is 66.5 Å². The van der Waals surface area contributed by atoms with Gasteiger partial charge in [0.15, 0.2) is 5.82 Å². The van der Waals surface area contributed by atoms with Crippen LogP contribution in [0.15, 0.2) is 73.3 Å². The van der Waals surface area contributed by atoms with E-state index in [-0.39, 0.29) is 5.82 Å². The summed E-state index contributed by atoms with van der Waals surface area (Å²) in [7, 11) is 0. The Morgan fingerprint density at radius 1 is 0.861 bits per heavy atom. The molecule has 0 aliphatic carbocycles. The number of rotatable bonds is 5. The van der Waals surface area contributed by atoms with E-state index < -0.39 is 0 Å². The molecule has 0 saturated carbocycles. The van der Waals surface area contributed by atoms with E-state index >= 15 is 0 Å². The number of fused-ring (bicyclic) bond motifs is 2. The summed E-state index contributed by atoms with van der Waals surface area (Å²) < 4.78 is 13.9. The Balaban J connectivity index is 1.30. The molecule has 0 atom stereocenters. The number of hydrogen-bond donors (Lipinski definition) is 2. The van der Waals surface area contributed by atoms with Gasteiger partial charge in [0.05, 0.1) is 22.7 Å². The smallest absolute Gasteiger partial charge is 0.159 e. The highest BCUT2D eigenvalue weighted by molar-refractivity contribution is 5.98. The van der Waals surface area contributed by atoms with Crippen LogP contribution in [-0.4, -0.2) is 48.1 Å². The zero-order chi connectivity index (χ0) is 24.1. The number of halogens is 1. The van der Waals surface area contributed by atoms with Gasteiger partial charge in [-0.25, -0.2) is 9.37 Å². The number of nitrogens with zero attached hydrogens (tertiary/aromatic N) is 5. The molecule has 7 rings (SSSR count). The molecule has 7 nitrogen and oxygen atoms in total. The van der Waals surface area contributed by atoms with E-state index in [1.807, 2.05) is 24.5 Å². The summed E-state index contributed by atoms with van der Waals surface area (Å²) in [4.78, 5) is 19.5. The number of pyridine rings is 2. The third-order valence-corrected chi connectivity index (χ3v) is 6.80. The number of imidazole rings is 1. The summed E-state index contributed by atoms with van der Waals surface area (Å²) in [6.45, 7) is 3.24. The molecule has 1 aliphatic heterocycles. The minimum absolute atomic E-state index is 0.297. The molecule has 0 amide bonds. The van der Waals surface area contributed by atoms with Gasteiger partial charge in [0, 0.05) is 41.6 Å². The van der Waals surface area contributed by atoms with Crippen molar-refractivity contribution >= 4 is 21.9 Å². The van der Waals surface area contributed by atoms with Crippen LogP contribution in [-0.2, 0) is 6.54 Å². The normalized spacial score (nSPS) is 13.9. The Morgan fingerprint density at radius 3 is 2.64 bits per heavy atom. The van der Waals surface area contributed by atoms with E-state index in [9.17, 15) is 4.39 Å². The first-order chi connectivity index (χ1) is 17.7. The Morgan fingerprint density at radius 2 is 1.78 bits per heavy atom. The molecule has 4 aromatic heterocycles. The zero-order valence-electron chi connectivity index (χ0n) is 19.4. The zero-order valence-corrected chi connectivity index (χ0v) is 19.4. The SMILES string of the molecule is Fc1cccc(-c2cncc3[nH]c(-c4n[nH]c5ccc(-c6cncc(CN7CCC7)c6)cc45)nc23)c1. The number of benzene rings is 2. The molecule has 8 heteroatoms. The van der Waals surface area contributed by atoms with Crippen molar-refractivity contribution in [3.8, 4) is 33.8 Å². The Kier molecular flexibility index (Phi) is 4.85. The number of likely N-dealkylation sites (tertiary alicyclic amines) is 1. The van der Waals surface area contributed by atoms with Crippen LogP contribution >= 0.6 is 0 Å². The Hall–Kier alpha value is -4.43. The molecular formula is C28H22FN7. The molecule has 0 unspecified atom stereocenters. The van der Waals surface area contributed by atoms with E-state index in [4.69, 9.17) is 4.98 Å². The average Bonchev–Trinajstić information content (AvgIpc) is 3.50. The van der Waals surface area contributed by atoms with Gasteiger partial charge in [-0.2, -0.15) is 5.10 Å². The van der Waals surface area contributed by atoms with Crippen LogP contribution in [0, 0.1) is 5.82 Å². The minimum Gasteiger partial charge on any atom is -0.335 e. The Bertz CT molecular complexity index is 1730. The van der Waals surface area contributed by atoms with Crippen molar-refractivity contribution < 1.29 is 4.39 Å². The summed E-state index contributed by atoms with van der Waals surface area (Å²) in [5.41, 5.74) is 7.98. The van der Waals surface area contributed by atoms with Gasteiger partial charge in [-0.15, -0.1) is 0 Å². The van der Waals surface area contributed by atoms with Crippen LogP contribution in [0.25, 0.3) is 55.7 Å². The fourth-order valence-corrected chi connectivity index (χ4v) is 4.82. The second-order valence-corrected chi connectivity index (χ2v) is 9.22. The highest BCUT2D eigenvalue weighted by Crippen LogP contribution is 2.33. The maximum atomic E-state index is 13.9. The molecule has 0 radical (unpaired) electrons. The maximum Gasteiger partial charge on any atom is 0.159 e. The minimum atomic E-state index is -0.297. The fourth-order valence-electron chi connectivity index (χ4n) is 4.82. The lowest BCUT2D eigenvalue weighted by atomic mass is 10.0. The van der Waals surface area contributed by atoms with Crippen molar-refractivity contribution in [2.75, 3.05) is 13.1 Å². The van der Waals surface area contributed by atoms with Crippen LogP contribution in [0.5, 0.6) is 0 Å². The molecule has 0 bridgehead atoms. The standard InChI is InChI=1S/C28H22FN7/c29-21-4-1-3-19(10-21)23-14-31-15-25-26(23)33-28(32-25)27-22-11-18(5-6-24(22)34-35-27)20-9-17(12-30-13-20)16-36-7-2-8-36/h1,3-6,9-15H,2,7-8,16H2,(H,32,33)(H,34,35). The first-order valence-electron chi connectivity index (χ1n) is 12.0. The van der Waals surface area contributed by atoms with Crippen molar-refractivity contribution in [3.05, 3.63) is 84.7 Å². The first kappa shape index (κ1) is 20.9. The molecule has 176 valence electrons. The van der Waals surface area contributed by atoms with Gasteiger partial charge in [-0.3, -0.25) is 20.0 Å². The summed E-state index contributed by atoms with van der Waals surface area (Å²) >= 11 is 0. The second kappa shape index (κ2) is 8.35. The maximum absolute atomic E-state index is 13.9. The van der Waals surface area contributed by atoms with Crippen molar-refractivity contribution in [3.63, 3.8) is 0 Å². The number of aromatic amines is 2. The summed E-state index contributed by atoms with van der Waals surface area (Å²) in [6, 6.07) is 14.9. The monoisotopic (exact) mass is 475 g/mol. The quantitative estimate of drug-likeness (QED) is 0.340. The first-order valence-corrected chi connectivity index (χ1v) is 12.0. The highest BCUT2D eigenvalue weighted by Gasteiger charge is 2.17. The molecule has 1 fully saturated rings. The van der Waals surface area contributed by atoms with E-state index in [1.54, 1.807) is 18.5 Å². The van der Waals surface area contributed by atoms with Gasteiger partial charge in [0.2, 0.25) is 0 Å². The number of H-pyrrole nitrogens is 2. The Labute approximate surface area is 206 Å². The molecule has 0 spiro atoms. The molecule has 2 N–H and O–H groups in total. The lowest BCUT2D eigenvalue weighted by molar-refractivity contribution is 0.172. The molecular weight excluding hydrogens is 453 g/mol. The molecule has 1 saturated heterocycles. The average molecular weight is 476 g/mol. The second-order valence-electron chi connectivity index (χ2n) is 9.22. The van der Waals surface area contributed by atoms with E-state index in [0.29, 0.717) is 5.82 Å². The number of aromatic nitrogens is 6.